The van der Waals surface area contributed by atoms with Gasteiger partial charge in [0.1, 0.15) is 5.75 Å². The van der Waals surface area contributed by atoms with E-state index in [0.717, 1.165) is 22.1 Å². The van der Waals surface area contributed by atoms with Crippen LogP contribution in [-0.2, 0) is 0 Å². The van der Waals surface area contributed by atoms with Gasteiger partial charge in [-0.1, -0.05) is 30.3 Å². The van der Waals surface area contributed by atoms with E-state index < -0.39 is 0 Å². The maximum absolute atomic E-state index is 9.49. The van der Waals surface area contributed by atoms with Crippen molar-refractivity contribution in [3.05, 3.63) is 66.7 Å². The number of benzene rings is 3. The number of phenolic OH excluding ortho intramolecular Hbond substituents is 1. The van der Waals surface area contributed by atoms with E-state index in [1.807, 2.05) is 54.6 Å². The van der Waals surface area contributed by atoms with Crippen LogP contribution in [-0.4, -0.2) is 5.11 Å². The molecule has 2 heteroatoms. The van der Waals surface area contributed by atoms with E-state index in [4.69, 9.17) is 0 Å². The van der Waals surface area contributed by atoms with E-state index in [0.29, 0.717) is 5.75 Å². The zero-order valence-electron chi connectivity index (χ0n) is 9.80. The van der Waals surface area contributed by atoms with E-state index in [2.05, 4.69) is 5.32 Å². The minimum Gasteiger partial charge on any atom is -0.508 e. The molecule has 0 aliphatic carbocycles. The normalized spacial score (nSPS) is 10.4. The minimum atomic E-state index is 0.291. The van der Waals surface area contributed by atoms with Gasteiger partial charge >= 0.3 is 0 Å². The molecule has 0 radical (unpaired) electrons. The average molecular weight is 235 g/mol. The quantitative estimate of drug-likeness (QED) is 0.694. The van der Waals surface area contributed by atoms with Gasteiger partial charge in [-0.2, -0.15) is 0 Å². The maximum atomic E-state index is 9.49. The Morgan fingerprint density at radius 2 is 1.44 bits per heavy atom. The lowest BCUT2D eigenvalue weighted by molar-refractivity contribution is 0.476. The Bertz CT molecular complexity index is 677. The molecular formula is C16H13NO. The average Bonchev–Trinajstić information content (AvgIpc) is 2.39. The topological polar surface area (TPSA) is 32.3 Å². The first-order valence-electron chi connectivity index (χ1n) is 5.86. The first-order valence-corrected chi connectivity index (χ1v) is 5.86. The first kappa shape index (κ1) is 10.7. The highest BCUT2D eigenvalue weighted by Crippen LogP contribution is 2.25. The summed E-state index contributed by atoms with van der Waals surface area (Å²) < 4.78 is 0. The van der Waals surface area contributed by atoms with Crippen LogP contribution in [0.1, 0.15) is 0 Å². The fourth-order valence-electron chi connectivity index (χ4n) is 2.00. The summed E-state index contributed by atoms with van der Waals surface area (Å²) in [5.41, 5.74) is 2.07. The summed E-state index contributed by atoms with van der Waals surface area (Å²) in [6.45, 7) is 0. The number of anilines is 2. The SMILES string of the molecule is Oc1ccc2ccc(Nc3ccccc3)cc2c1. The highest BCUT2D eigenvalue weighted by atomic mass is 16.3. The van der Waals surface area contributed by atoms with Crippen LogP contribution >= 0.6 is 0 Å². The van der Waals surface area contributed by atoms with Crippen LogP contribution < -0.4 is 5.32 Å². The van der Waals surface area contributed by atoms with E-state index in [1.165, 1.54) is 0 Å². The first-order chi connectivity index (χ1) is 8.81. The second-order valence-electron chi connectivity index (χ2n) is 4.24. The summed E-state index contributed by atoms with van der Waals surface area (Å²) in [5.74, 6) is 0.291. The Hall–Kier alpha value is -2.48. The molecule has 0 fully saturated rings. The molecule has 3 aromatic carbocycles. The summed E-state index contributed by atoms with van der Waals surface area (Å²) in [6.07, 6.45) is 0. The third-order valence-corrected chi connectivity index (χ3v) is 2.89. The van der Waals surface area contributed by atoms with E-state index in [9.17, 15) is 5.11 Å². The Labute approximate surface area is 106 Å². The van der Waals surface area contributed by atoms with Crippen molar-refractivity contribution in [2.75, 3.05) is 5.32 Å². The van der Waals surface area contributed by atoms with Crippen molar-refractivity contribution < 1.29 is 5.11 Å². The van der Waals surface area contributed by atoms with Crippen LogP contribution in [0.15, 0.2) is 66.7 Å². The number of fused-ring (bicyclic) bond motifs is 1. The fourth-order valence-corrected chi connectivity index (χ4v) is 2.00. The lowest BCUT2D eigenvalue weighted by Gasteiger charge is -2.07. The molecule has 0 saturated heterocycles. The van der Waals surface area contributed by atoms with Crippen LogP contribution in [0.2, 0.25) is 0 Å². The van der Waals surface area contributed by atoms with Gasteiger partial charge in [-0.3, -0.25) is 0 Å². The zero-order chi connectivity index (χ0) is 12.4. The van der Waals surface area contributed by atoms with Crippen molar-refractivity contribution in [3.8, 4) is 5.75 Å². The molecule has 0 aliphatic rings. The van der Waals surface area contributed by atoms with Crippen LogP contribution in [0.4, 0.5) is 11.4 Å². The minimum absolute atomic E-state index is 0.291. The number of hydrogen-bond donors (Lipinski definition) is 2. The summed E-state index contributed by atoms with van der Waals surface area (Å²) in [7, 11) is 0. The maximum Gasteiger partial charge on any atom is 0.116 e. The molecule has 0 unspecified atom stereocenters. The Morgan fingerprint density at radius 3 is 2.28 bits per heavy atom. The molecule has 2 nitrogen and oxygen atoms in total. The summed E-state index contributed by atoms with van der Waals surface area (Å²) >= 11 is 0. The van der Waals surface area contributed by atoms with Gasteiger partial charge in [-0.05, 0) is 47.2 Å². The molecular weight excluding hydrogens is 222 g/mol. The molecule has 0 heterocycles. The van der Waals surface area contributed by atoms with Gasteiger partial charge in [0, 0.05) is 11.4 Å². The van der Waals surface area contributed by atoms with Gasteiger partial charge in [0.2, 0.25) is 0 Å². The molecule has 0 spiro atoms. The van der Waals surface area contributed by atoms with Gasteiger partial charge in [-0.25, -0.2) is 0 Å². The van der Waals surface area contributed by atoms with Crippen molar-refractivity contribution in [1.82, 2.24) is 0 Å². The van der Waals surface area contributed by atoms with Crippen molar-refractivity contribution in [2.24, 2.45) is 0 Å². The van der Waals surface area contributed by atoms with Crippen molar-refractivity contribution in [2.45, 2.75) is 0 Å². The number of aromatic hydroxyl groups is 1. The molecule has 3 aromatic rings. The van der Waals surface area contributed by atoms with Crippen LogP contribution in [0.3, 0.4) is 0 Å². The van der Waals surface area contributed by atoms with Crippen LogP contribution in [0.25, 0.3) is 10.8 Å². The Balaban J connectivity index is 1.98. The Kier molecular flexibility index (Phi) is 2.61. The number of hydrogen-bond acceptors (Lipinski definition) is 2. The zero-order valence-corrected chi connectivity index (χ0v) is 9.80. The molecule has 18 heavy (non-hydrogen) atoms. The lowest BCUT2D eigenvalue weighted by Crippen LogP contribution is -1.89. The fraction of sp³-hybridized carbons (Fsp3) is 0. The smallest absolute Gasteiger partial charge is 0.116 e. The lowest BCUT2D eigenvalue weighted by atomic mass is 10.1. The summed E-state index contributed by atoms with van der Waals surface area (Å²) in [4.78, 5) is 0. The highest BCUT2D eigenvalue weighted by molar-refractivity contribution is 5.87. The Morgan fingerprint density at radius 1 is 0.667 bits per heavy atom. The van der Waals surface area contributed by atoms with Gasteiger partial charge in [0.15, 0.2) is 0 Å². The van der Waals surface area contributed by atoms with Crippen LogP contribution in [0, 0.1) is 0 Å². The number of rotatable bonds is 2. The van der Waals surface area contributed by atoms with E-state index in [1.54, 1.807) is 12.1 Å². The van der Waals surface area contributed by atoms with Crippen molar-refractivity contribution in [1.29, 1.82) is 0 Å². The molecule has 88 valence electrons. The molecule has 0 bridgehead atoms. The standard InChI is InChI=1S/C16H13NO/c18-16-9-7-12-6-8-15(10-13(12)11-16)17-14-4-2-1-3-5-14/h1-11,17-18H. The molecule has 0 atom stereocenters. The molecule has 0 amide bonds. The van der Waals surface area contributed by atoms with Crippen molar-refractivity contribution >= 4 is 22.1 Å². The van der Waals surface area contributed by atoms with Gasteiger partial charge in [0.25, 0.3) is 0 Å². The number of phenols is 1. The third kappa shape index (κ3) is 2.13. The molecule has 0 aromatic heterocycles. The van der Waals surface area contributed by atoms with Crippen LogP contribution in [0.5, 0.6) is 5.75 Å². The molecule has 0 saturated carbocycles. The third-order valence-electron chi connectivity index (χ3n) is 2.89. The largest absolute Gasteiger partial charge is 0.508 e. The predicted octanol–water partition coefficient (Wildman–Crippen LogP) is 4.29. The highest BCUT2D eigenvalue weighted by Gasteiger charge is 1.98. The second-order valence-corrected chi connectivity index (χ2v) is 4.24. The monoisotopic (exact) mass is 235 g/mol. The molecule has 2 N–H and O–H groups in total. The van der Waals surface area contributed by atoms with E-state index in [-0.39, 0.29) is 0 Å². The molecule has 0 aliphatic heterocycles. The van der Waals surface area contributed by atoms with Gasteiger partial charge in [0.05, 0.1) is 0 Å². The summed E-state index contributed by atoms with van der Waals surface area (Å²) in [6, 6.07) is 21.5. The van der Waals surface area contributed by atoms with Crippen molar-refractivity contribution in [3.63, 3.8) is 0 Å². The molecule has 3 rings (SSSR count). The van der Waals surface area contributed by atoms with E-state index >= 15 is 0 Å². The summed E-state index contributed by atoms with van der Waals surface area (Å²) in [5, 5.41) is 15.0. The van der Waals surface area contributed by atoms with Gasteiger partial charge in [-0.15, -0.1) is 0 Å². The van der Waals surface area contributed by atoms with Gasteiger partial charge < -0.3 is 10.4 Å². The number of nitrogens with one attached hydrogen (secondary N) is 1. The second kappa shape index (κ2) is 4.41. The number of para-hydroxylation sites is 1. The predicted molar refractivity (Wildman–Crippen MR) is 75.3 cm³/mol.